The smallest absolute Gasteiger partial charge is 0.330 e. The van der Waals surface area contributed by atoms with Crippen molar-refractivity contribution < 1.29 is 23.9 Å². The van der Waals surface area contributed by atoms with Crippen molar-refractivity contribution in [2.24, 2.45) is 11.8 Å². The molecule has 2 aromatic rings. The number of H-pyrrole nitrogens is 1. The Morgan fingerprint density at radius 1 is 1.18 bits per heavy atom. The van der Waals surface area contributed by atoms with E-state index in [1.807, 2.05) is 30.3 Å². The van der Waals surface area contributed by atoms with Gasteiger partial charge in [0.25, 0.3) is 0 Å². The molecule has 8 nitrogen and oxygen atoms in total. The highest BCUT2D eigenvalue weighted by atomic mass is 16.5. The Balaban J connectivity index is 1.76. The molecule has 1 aliphatic rings. The summed E-state index contributed by atoms with van der Waals surface area (Å²) in [5.41, 5.74) is 1.39. The summed E-state index contributed by atoms with van der Waals surface area (Å²) in [6.45, 7) is 2.54. The van der Waals surface area contributed by atoms with Crippen LogP contribution in [0.2, 0.25) is 0 Å². The van der Waals surface area contributed by atoms with Gasteiger partial charge < -0.3 is 20.4 Å². The van der Waals surface area contributed by atoms with Crippen LogP contribution in [0.25, 0.3) is 0 Å². The zero-order chi connectivity index (χ0) is 24.3. The second kappa shape index (κ2) is 12.5. The van der Waals surface area contributed by atoms with Gasteiger partial charge in [0.2, 0.25) is 11.8 Å². The Kier molecular flexibility index (Phi) is 9.20. The van der Waals surface area contributed by atoms with E-state index in [0.717, 1.165) is 5.56 Å². The van der Waals surface area contributed by atoms with Crippen molar-refractivity contribution >= 4 is 23.6 Å². The number of amides is 2. The predicted octanol–water partition coefficient (Wildman–Crippen LogP) is 2.58. The third-order valence-corrected chi connectivity index (χ3v) is 5.81. The number of hydrogen-bond acceptors (Lipinski definition) is 5. The standard InChI is InChI=1S/C26H31N3O5/c1-2-34-24(31)11-10-21(16-19-12-14-28-25(19)32)29-26(33)20(15-18-7-4-3-5-8-18)17-23(30)22-9-6-13-27-22/h3-11,13,19-21,27H,2,12,14-17H2,1H3,(H,28,32)(H,29,33)/t19-,20?,21+/m0/s1. The summed E-state index contributed by atoms with van der Waals surface area (Å²) in [4.78, 5) is 53.0. The molecule has 8 heteroatoms. The number of hydrogen-bond donors (Lipinski definition) is 3. The molecule has 2 heterocycles. The first-order chi connectivity index (χ1) is 16.5. The fraction of sp³-hybridized carbons (Fsp3) is 0.385. The molecule has 3 atom stereocenters. The molecule has 1 unspecified atom stereocenters. The highest BCUT2D eigenvalue weighted by molar-refractivity contribution is 5.97. The molecule has 0 aliphatic carbocycles. The van der Waals surface area contributed by atoms with E-state index in [9.17, 15) is 19.2 Å². The van der Waals surface area contributed by atoms with Crippen LogP contribution in [0.4, 0.5) is 0 Å². The van der Waals surface area contributed by atoms with Crippen molar-refractivity contribution in [3.63, 3.8) is 0 Å². The summed E-state index contributed by atoms with van der Waals surface area (Å²) in [6.07, 6.45) is 5.94. The van der Waals surface area contributed by atoms with Crippen molar-refractivity contribution in [3.8, 4) is 0 Å². The van der Waals surface area contributed by atoms with Gasteiger partial charge in [-0.15, -0.1) is 0 Å². The Hall–Kier alpha value is -3.68. The highest BCUT2D eigenvalue weighted by Gasteiger charge is 2.29. The summed E-state index contributed by atoms with van der Waals surface area (Å²) in [6, 6.07) is 12.4. The molecule has 1 aromatic heterocycles. The number of rotatable bonds is 12. The summed E-state index contributed by atoms with van der Waals surface area (Å²) >= 11 is 0. The van der Waals surface area contributed by atoms with Gasteiger partial charge in [-0.25, -0.2) is 4.79 Å². The van der Waals surface area contributed by atoms with Crippen LogP contribution in [0, 0.1) is 11.8 Å². The lowest BCUT2D eigenvalue weighted by molar-refractivity contribution is -0.137. The van der Waals surface area contributed by atoms with Crippen molar-refractivity contribution in [1.29, 1.82) is 0 Å². The first-order valence-corrected chi connectivity index (χ1v) is 11.6. The fourth-order valence-corrected chi connectivity index (χ4v) is 4.04. The SMILES string of the molecule is CCOC(=O)C=C[C@H](C[C@@H]1CCNC1=O)NC(=O)C(CC(=O)c1ccc[nH]1)Cc1ccccc1. The molecule has 3 N–H and O–H groups in total. The van der Waals surface area contributed by atoms with Gasteiger partial charge in [-0.05, 0) is 43.9 Å². The largest absolute Gasteiger partial charge is 0.463 e. The molecule has 0 radical (unpaired) electrons. The molecule has 1 aliphatic heterocycles. The van der Waals surface area contributed by atoms with Gasteiger partial charge in [-0.3, -0.25) is 14.4 Å². The zero-order valence-electron chi connectivity index (χ0n) is 19.3. The van der Waals surface area contributed by atoms with Crippen molar-refractivity contribution in [2.75, 3.05) is 13.2 Å². The minimum absolute atomic E-state index is 0.0272. The summed E-state index contributed by atoms with van der Waals surface area (Å²) in [5, 5.41) is 5.75. The number of carbonyl (C=O) groups is 4. The van der Waals surface area contributed by atoms with Crippen LogP contribution in [0.1, 0.15) is 42.2 Å². The second-order valence-corrected chi connectivity index (χ2v) is 8.34. The van der Waals surface area contributed by atoms with Crippen LogP contribution in [-0.2, 0) is 25.5 Å². The van der Waals surface area contributed by atoms with Crippen LogP contribution in [0.3, 0.4) is 0 Å². The number of aromatic amines is 1. The van der Waals surface area contributed by atoms with Crippen LogP contribution in [0.5, 0.6) is 0 Å². The minimum atomic E-state index is -0.617. The second-order valence-electron chi connectivity index (χ2n) is 8.34. The molecule has 1 aromatic carbocycles. The first kappa shape index (κ1) is 25.0. The molecule has 0 saturated carbocycles. The molecule has 0 spiro atoms. The first-order valence-electron chi connectivity index (χ1n) is 11.6. The van der Waals surface area contributed by atoms with Crippen molar-refractivity contribution in [2.45, 2.75) is 38.6 Å². The number of esters is 1. The van der Waals surface area contributed by atoms with E-state index in [4.69, 9.17) is 4.74 Å². The number of Topliss-reactive ketones (excluding diaryl/α,β-unsaturated/α-hetero) is 1. The molecule has 2 amide bonds. The molecular weight excluding hydrogens is 434 g/mol. The normalized spacial score (nSPS) is 17.2. The maximum Gasteiger partial charge on any atom is 0.330 e. The molecule has 180 valence electrons. The highest BCUT2D eigenvalue weighted by Crippen LogP contribution is 2.20. The van der Waals surface area contributed by atoms with Crippen LogP contribution in [-0.4, -0.2) is 47.7 Å². The lowest BCUT2D eigenvalue weighted by Gasteiger charge is -2.22. The van der Waals surface area contributed by atoms with E-state index in [1.54, 1.807) is 31.3 Å². The van der Waals surface area contributed by atoms with Gasteiger partial charge >= 0.3 is 5.97 Å². The van der Waals surface area contributed by atoms with Crippen molar-refractivity contribution in [1.82, 2.24) is 15.6 Å². The number of carbonyl (C=O) groups excluding carboxylic acids is 4. The molecule has 3 rings (SSSR count). The van der Waals surface area contributed by atoms with Crippen LogP contribution < -0.4 is 10.6 Å². The van der Waals surface area contributed by atoms with E-state index in [1.165, 1.54) is 6.08 Å². The van der Waals surface area contributed by atoms with E-state index in [0.29, 0.717) is 31.5 Å². The minimum Gasteiger partial charge on any atom is -0.463 e. The van der Waals surface area contributed by atoms with E-state index in [2.05, 4.69) is 15.6 Å². The maximum atomic E-state index is 13.4. The Morgan fingerprint density at radius 3 is 2.62 bits per heavy atom. The predicted molar refractivity (Wildman–Crippen MR) is 127 cm³/mol. The van der Waals surface area contributed by atoms with Gasteiger partial charge in [0.1, 0.15) is 0 Å². The monoisotopic (exact) mass is 465 g/mol. The van der Waals surface area contributed by atoms with Crippen LogP contribution >= 0.6 is 0 Å². The van der Waals surface area contributed by atoms with Gasteiger partial charge in [0.05, 0.1) is 12.3 Å². The lowest BCUT2D eigenvalue weighted by atomic mass is 9.91. The number of benzene rings is 1. The van der Waals surface area contributed by atoms with Gasteiger partial charge in [-0.1, -0.05) is 36.4 Å². The van der Waals surface area contributed by atoms with E-state index in [-0.39, 0.29) is 36.5 Å². The molecule has 0 bridgehead atoms. The Labute approximate surface area is 199 Å². The van der Waals surface area contributed by atoms with Crippen LogP contribution in [0.15, 0.2) is 60.8 Å². The summed E-state index contributed by atoms with van der Waals surface area (Å²) in [5.74, 6) is -1.91. The Bertz CT molecular complexity index is 1000. The van der Waals surface area contributed by atoms with E-state index >= 15 is 0 Å². The summed E-state index contributed by atoms with van der Waals surface area (Å²) < 4.78 is 4.94. The number of aromatic nitrogens is 1. The average molecular weight is 466 g/mol. The maximum absolute atomic E-state index is 13.4. The molecule has 1 fully saturated rings. The topological polar surface area (TPSA) is 117 Å². The molecule has 34 heavy (non-hydrogen) atoms. The van der Waals surface area contributed by atoms with Gasteiger partial charge in [-0.2, -0.15) is 0 Å². The zero-order valence-corrected chi connectivity index (χ0v) is 19.3. The lowest BCUT2D eigenvalue weighted by Crippen LogP contribution is -2.41. The van der Waals surface area contributed by atoms with Gasteiger partial charge in [0.15, 0.2) is 5.78 Å². The average Bonchev–Trinajstić information content (AvgIpc) is 3.50. The van der Waals surface area contributed by atoms with Crippen molar-refractivity contribution in [3.05, 3.63) is 72.1 Å². The third-order valence-electron chi connectivity index (χ3n) is 5.81. The third kappa shape index (κ3) is 7.43. The quantitative estimate of drug-likeness (QED) is 0.253. The molecule has 1 saturated heterocycles. The summed E-state index contributed by atoms with van der Waals surface area (Å²) in [7, 11) is 0. The number of nitrogens with one attached hydrogen (secondary N) is 3. The van der Waals surface area contributed by atoms with E-state index < -0.39 is 17.9 Å². The number of ketones is 1. The van der Waals surface area contributed by atoms with Gasteiger partial charge in [0, 0.05) is 43.1 Å². The molecular formula is C26H31N3O5. The fourth-order valence-electron chi connectivity index (χ4n) is 4.04. The Morgan fingerprint density at radius 2 is 1.97 bits per heavy atom. The number of ether oxygens (including phenoxy) is 1.